The summed E-state index contributed by atoms with van der Waals surface area (Å²) >= 11 is 0. The second-order valence-corrected chi connectivity index (χ2v) is 9.08. The van der Waals surface area contributed by atoms with Gasteiger partial charge in [0, 0.05) is 13.2 Å². The van der Waals surface area contributed by atoms with E-state index in [2.05, 4.69) is 18.7 Å². The average molecular weight is 340 g/mol. The van der Waals surface area contributed by atoms with Crippen molar-refractivity contribution in [3.05, 3.63) is 30.3 Å². The van der Waals surface area contributed by atoms with Gasteiger partial charge in [-0.25, -0.2) is 8.42 Å². The molecule has 0 saturated carbocycles. The molecule has 1 aromatic rings. The van der Waals surface area contributed by atoms with Crippen molar-refractivity contribution in [2.24, 2.45) is 11.8 Å². The summed E-state index contributed by atoms with van der Waals surface area (Å²) in [4.78, 5) is 2.48. The highest BCUT2D eigenvalue weighted by Crippen LogP contribution is 2.28. The van der Waals surface area contributed by atoms with E-state index in [-0.39, 0.29) is 12.5 Å². The lowest BCUT2D eigenvalue weighted by Gasteiger charge is -2.37. The molecule has 1 fully saturated rings. The Balaban J connectivity index is 2.26. The lowest BCUT2D eigenvalue weighted by molar-refractivity contribution is 0.106. The van der Waals surface area contributed by atoms with Crippen LogP contribution in [0.2, 0.25) is 0 Å². The van der Waals surface area contributed by atoms with Gasteiger partial charge in [-0.05, 0) is 56.2 Å². The van der Waals surface area contributed by atoms with Crippen LogP contribution in [0.4, 0.5) is 0 Å². The van der Waals surface area contributed by atoms with Gasteiger partial charge in [0.25, 0.3) is 0 Å². The number of hydrogen-bond donors (Lipinski definition) is 1. The summed E-state index contributed by atoms with van der Waals surface area (Å²) in [6.07, 6.45) is 3.47. The van der Waals surface area contributed by atoms with E-state index in [9.17, 15) is 13.5 Å². The zero-order chi connectivity index (χ0) is 16.9. The maximum Gasteiger partial charge on any atom is 0.194 e. The SMILES string of the molecule is CC(C)CCC(N1CCCC(CO)C1)S(=O)(=O)c1ccccc1. The van der Waals surface area contributed by atoms with Crippen LogP contribution in [0.3, 0.4) is 0 Å². The third kappa shape index (κ3) is 4.78. The monoisotopic (exact) mass is 339 g/mol. The van der Waals surface area contributed by atoms with E-state index in [1.807, 2.05) is 6.07 Å². The predicted octanol–water partition coefficient (Wildman–Crippen LogP) is 2.93. The van der Waals surface area contributed by atoms with Gasteiger partial charge in [-0.1, -0.05) is 32.0 Å². The van der Waals surface area contributed by atoms with Crippen molar-refractivity contribution in [1.29, 1.82) is 0 Å². The van der Waals surface area contributed by atoms with Crippen LogP contribution < -0.4 is 0 Å². The Morgan fingerprint density at radius 3 is 2.52 bits per heavy atom. The van der Waals surface area contributed by atoms with Crippen molar-refractivity contribution in [2.45, 2.75) is 49.8 Å². The molecule has 2 rings (SSSR count). The van der Waals surface area contributed by atoms with Gasteiger partial charge >= 0.3 is 0 Å². The van der Waals surface area contributed by atoms with Crippen LogP contribution in [0.15, 0.2) is 35.2 Å². The van der Waals surface area contributed by atoms with Crippen molar-refractivity contribution in [1.82, 2.24) is 4.90 Å². The smallest absolute Gasteiger partial charge is 0.194 e. The Bertz CT molecular complexity index is 571. The molecule has 2 unspecified atom stereocenters. The standard InChI is InChI=1S/C18H29NO3S/c1-15(2)10-11-18(19-12-6-7-16(13-19)14-20)23(21,22)17-8-4-3-5-9-17/h3-5,8-9,15-16,18,20H,6-7,10-14H2,1-2H3. The van der Waals surface area contributed by atoms with Crippen LogP contribution in [0.25, 0.3) is 0 Å². The molecule has 1 heterocycles. The molecule has 0 radical (unpaired) electrons. The molecule has 1 saturated heterocycles. The van der Waals surface area contributed by atoms with Crippen LogP contribution in [0.1, 0.15) is 39.5 Å². The van der Waals surface area contributed by atoms with E-state index in [1.54, 1.807) is 24.3 Å². The molecular formula is C18H29NO3S. The molecule has 130 valence electrons. The highest BCUT2D eigenvalue weighted by molar-refractivity contribution is 7.92. The first-order valence-electron chi connectivity index (χ1n) is 8.59. The van der Waals surface area contributed by atoms with E-state index < -0.39 is 15.2 Å². The summed E-state index contributed by atoms with van der Waals surface area (Å²) in [5, 5.41) is 8.97. The second-order valence-electron chi connectivity index (χ2n) is 6.97. The summed E-state index contributed by atoms with van der Waals surface area (Å²) in [5.41, 5.74) is 0. The first-order chi connectivity index (χ1) is 10.9. The fourth-order valence-electron chi connectivity index (χ4n) is 3.28. The van der Waals surface area contributed by atoms with Crippen molar-refractivity contribution >= 4 is 9.84 Å². The van der Waals surface area contributed by atoms with Crippen molar-refractivity contribution in [3.63, 3.8) is 0 Å². The van der Waals surface area contributed by atoms with Crippen LogP contribution in [-0.4, -0.2) is 43.5 Å². The van der Waals surface area contributed by atoms with Crippen LogP contribution in [0, 0.1) is 11.8 Å². The van der Waals surface area contributed by atoms with Crippen molar-refractivity contribution < 1.29 is 13.5 Å². The average Bonchev–Trinajstić information content (AvgIpc) is 2.55. The minimum absolute atomic E-state index is 0.138. The molecule has 0 spiro atoms. The second kappa shape index (κ2) is 8.27. The van der Waals surface area contributed by atoms with Crippen LogP contribution >= 0.6 is 0 Å². The number of piperidine rings is 1. The number of aliphatic hydroxyl groups is 1. The van der Waals surface area contributed by atoms with E-state index in [4.69, 9.17) is 0 Å². The molecule has 1 aliphatic rings. The van der Waals surface area contributed by atoms with Gasteiger partial charge < -0.3 is 5.11 Å². The number of benzene rings is 1. The van der Waals surface area contributed by atoms with E-state index in [0.29, 0.717) is 23.8 Å². The highest BCUT2D eigenvalue weighted by Gasteiger charge is 2.35. The number of nitrogens with zero attached hydrogens (tertiary/aromatic N) is 1. The molecule has 2 atom stereocenters. The summed E-state index contributed by atoms with van der Waals surface area (Å²) in [7, 11) is -3.38. The topological polar surface area (TPSA) is 57.6 Å². The molecule has 23 heavy (non-hydrogen) atoms. The molecule has 1 aromatic carbocycles. The molecular weight excluding hydrogens is 310 g/mol. The normalized spacial score (nSPS) is 21.5. The van der Waals surface area contributed by atoms with Gasteiger partial charge in [-0.3, -0.25) is 4.90 Å². The molecule has 0 aromatic heterocycles. The molecule has 4 nitrogen and oxygen atoms in total. The summed E-state index contributed by atoms with van der Waals surface area (Å²) in [5.74, 6) is 0.665. The predicted molar refractivity (Wildman–Crippen MR) is 92.9 cm³/mol. The zero-order valence-electron chi connectivity index (χ0n) is 14.2. The van der Waals surface area contributed by atoms with E-state index in [1.165, 1.54) is 0 Å². The fourth-order valence-corrected chi connectivity index (χ4v) is 5.17. The third-order valence-electron chi connectivity index (χ3n) is 4.64. The molecule has 0 bridgehead atoms. The van der Waals surface area contributed by atoms with E-state index in [0.717, 1.165) is 25.8 Å². The largest absolute Gasteiger partial charge is 0.396 e. The number of likely N-dealkylation sites (tertiary alicyclic amines) is 1. The molecule has 0 amide bonds. The van der Waals surface area contributed by atoms with Gasteiger partial charge in [-0.2, -0.15) is 0 Å². The van der Waals surface area contributed by atoms with Gasteiger partial charge in [0.15, 0.2) is 9.84 Å². The van der Waals surface area contributed by atoms with Gasteiger partial charge in [0.1, 0.15) is 5.37 Å². The molecule has 1 aliphatic heterocycles. The van der Waals surface area contributed by atoms with Crippen LogP contribution in [-0.2, 0) is 9.84 Å². The Morgan fingerprint density at radius 2 is 1.91 bits per heavy atom. The summed E-state index contributed by atoms with van der Waals surface area (Å²) < 4.78 is 26.3. The van der Waals surface area contributed by atoms with Gasteiger partial charge in [0.05, 0.1) is 4.90 Å². The minimum Gasteiger partial charge on any atom is -0.396 e. The maximum atomic E-state index is 13.1. The van der Waals surface area contributed by atoms with Gasteiger partial charge in [0.2, 0.25) is 0 Å². The third-order valence-corrected chi connectivity index (χ3v) is 6.82. The Morgan fingerprint density at radius 1 is 1.22 bits per heavy atom. The first kappa shape index (κ1) is 18.4. The minimum atomic E-state index is -3.38. The zero-order valence-corrected chi connectivity index (χ0v) is 15.0. The van der Waals surface area contributed by atoms with Crippen molar-refractivity contribution in [3.8, 4) is 0 Å². The highest BCUT2D eigenvalue weighted by atomic mass is 32.2. The van der Waals surface area contributed by atoms with Gasteiger partial charge in [-0.15, -0.1) is 0 Å². The van der Waals surface area contributed by atoms with Crippen LogP contribution in [0.5, 0.6) is 0 Å². The Labute approximate surface area is 140 Å². The summed E-state index contributed by atoms with van der Waals surface area (Å²) in [6.45, 7) is 5.85. The number of rotatable bonds is 7. The van der Waals surface area contributed by atoms with E-state index >= 15 is 0 Å². The number of sulfone groups is 1. The Kier molecular flexibility index (Phi) is 6.62. The molecule has 1 N–H and O–H groups in total. The number of hydrogen-bond acceptors (Lipinski definition) is 4. The lowest BCUT2D eigenvalue weighted by Crippen LogP contribution is -2.47. The molecule has 0 aliphatic carbocycles. The fraction of sp³-hybridized carbons (Fsp3) is 0.667. The molecule has 5 heteroatoms. The summed E-state index contributed by atoms with van der Waals surface area (Å²) in [6, 6.07) is 8.76. The Hall–Kier alpha value is -0.910. The quantitative estimate of drug-likeness (QED) is 0.830. The number of aliphatic hydroxyl groups excluding tert-OH is 1. The maximum absolute atomic E-state index is 13.1. The first-order valence-corrected chi connectivity index (χ1v) is 10.1. The van der Waals surface area contributed by atoms with Crippen molar-refractivity contribution in [2.75, 3.05) is 19.7 Å². The lowest BCUT2D eigenvalue weighted by atomic mass is 9.98.